The van der Waals surface area contributed by atoms with E-state index in [1.165, 1.54) is 18.3 Å². The Hall–Kier alpha value is -2.41. The zero-order chi connectivity index (χ0) is 18.4. The van der Waals surface area contributed by atoms with E-state index >= 15 is 0 Å². The summed E-state index contributed by atoms with van der Waals surface area (Å²) in [6, 6.07) is 5.65. The Bertz CT molecular complexity index is 769. The van der Waals surface area contributed by atoms with Crippen LogP contribution in [0.3, 0.4) is 0 Å². The van der Waals surface area contributed by atoms with E-state index in [4.69, 9.17) is 9.47 Å². The van der Waals surface area contributed by atoms with Crippen molar-refractivity contribution >= 4 is 28.5 Å². The van der Waals surface area contributed by atoms with Crippen LogP contribution in [0.5, 0.6) is 11.5 Å². The number of aryl methyl sites for hydroxylation is 1. The van der Waals surface area contributed by atoms with Gasteiger partial charge >= 0.3 is 0 Å². The van der Waals surface area contributed by atoms with Gasteiger partial charge in [-0.1, -0.05) is 11.3 Å². The maximum atomic E-state index is 11.5. The van der Waals surface area contributed by atoms with Crippen LogP contribution in [0.25, 0.3) is 0 Å². The number of thiazole rings is 1. The Labute approximate surface area is 151 Å². The monoisotopic (exact) mass is 361 g/mol. The Kier molecular flexibility index (Phi) is 6.52. The predicted octanol–water partition coefficient (Wildman–Crippen LogP) is 4.29. The molecule has 0 radical (unpaired) electrons. The summed E-state index contributed by atoms with van der Waals surface area (Å²) in [6.45, 7) is 9.77. The molecule has 7 heteroatoms. The average Bonchev–Trinajstić information content (AvgIpc) is 2.91. The van der Waals surface area contributed by atoms with Gasteiger partial charge in [-0.3, -0.25) is 10.2 Å². The Balaban J connectivity index is 2.11. The van der Waals surface area contributed by atoms with Gasteiger partial charge in [0.15, 0.2) is 17.3 Å². The second-order valence-electron chi connectivity index (χ2n) is 5.67. The fourth-order valence-electron chi connectivity index (χ4n) is 2.16. The minimum absolute atomic E-state index is 0.00845. The first-order valence-electron chi connectivity index (χ1n) is 8.11. The molecule has 2 aromatic rings. The highest BCUT2D eigenvalue weighted by Crippen LogP contribution is 2.29. The zero-order valence-corrected chi connectivity index (χ0v) is 15.9. The summed E-state index contributed by atoms with van der Waals surface area (Å²) in [7, 11) is 0. The van der Waals surface area contributed by atoms with Crippen molar-refractivity contribution in [3.8, 4) is 11.5 Å². The van der Waals surface area contributed by atoms with E-state index in [9.17, 15) is 4.79 Å². The third-order valence-electron chi connectivity index (χ3n) is 3.12. The summed E-state index contributed by atoms with van der Waals surface area (Å²) in [4.78, 5) is 16.4. The molecule has 0 unspecified atom stereocenters. The molecule has 0 atom stereocenters. The van der Waals surface area contributed by atoms with Crippen LogP contribution in [0.1, 0.15) is 48.6 Å². The molecule has 0 spiro atoms. The number of ether oxygens (including phenoxy) is 2. The molecule has 2 rings (SSSR count). The fourth-order valence-corrected chi connectivity index (χ4v) is 2.97. The van der Waals surface area contributed by atoms with Gasteiger partial charge in [-0.25, -0.2) is 4.98 Å². The molecule has 0 saturated carbocycles. The van der Waals surface area contributed by atoms with Crippen molar-refractivity contribution in [2.75, 3.05) is 12.0 Å². The molecule has 0 saturated heterocycles. The molecule has 0 aliphatic rings. The normalized spacial score (nSPS) is 11.1. The van der Waals surface area contributed by atoms with Crippen molar-refractivity contribution < 1.29 is 14.3 Å². The largest absolute Gasteiger partial charge is 0.490 e. The predicted molar refractivity (Wildman–Crippen MR) is 101 cm³/mol. The smallest absolute Gasteiger partial charge is 0.204 e. The molecule has 1 N–H and O–H groups in total. The van der Waals surface area contributed by atoms with Gasteiger partial charge in [-0.15, -0.1) is 0 Å². The summed E-state index contributed by atoms with van der Waals surface area (Å²) in [5, 5.41) is 4.77. The first-order chi connectivity index (χ1) is 11.9. The average molecular weight is 361 g/mol. The number of carbonyl (C=O) groups excluding carboxylic acids is 1. The van der Waals surface area contributed by atoms with Gasteiger partial charge in [0.05, 0.1) is 29.5 Å². The van der Waals surface area contributed by atoms with E-state index in [0.717, 1.165) is 5.56 Å². The van der Waals surface area contributed by atoms with E-state index in [2.05, 4.69) is 15.5 Å². The lowest BCUT2D eigenvalue weighted by Gasteiger charge is -2.14. The maximum Gasteiger partial charge on any atom is 0.204 e. The number of Topliss-reactive ketones (excluding diaryl/α,β-unsaturated/α-hetero) is 1. The number of carbonyl (C=O) groups is 1. The van der Waals surface area contributed by atoms with Crippen LogP contribution in [0.2, 0.25) is 0 Å². The summed E-state index contributed by atoms with van der Waals surface area (Å²) in [5.74, 6) is 1.40. The van der Waals surface area contributed by atoms with Crippen molar-refractivity contribution in [3.05, 3.63) is 34.3 Å². The second-order valence-corrected chi connectivity index (χ2v) is 6.66. The standard InChI is InChI=1S/C18H23N3O3S/c1-6-23-16-9-14(7-8-15(16)24-11(2)3)10-19-21-18-20-12(4)17(25-18)13(5)22/h7-11H,6H2,1-5H3,(H,20,21)/b19-10+. The zero-order valence-electron chi connectivity index (χ0n) is 15.1. The summed E-state index contributed by atoms with van der Waals surface area (Å²) < 4.78 is 11.4. The number of aromatic nitrogens is 1. The Morgan fingerprint density at radius 1 is 1.40 bits per heavy atom. The summed E-state index contributed by atoms with van der Waals surface area (Å²) >= 11 is 1.29. The van der Waals surface area contributed by atoms with Gasteiger partial charge < -0.3 is 9.47 Å². The van der Waals surface area contributed by atoms with Crippen molar-refractivity contribution in [1.82, 2.24) is 4.98 Å². The molecular weight excluding hydrogens is 338 g/mol. The Morgan fingerprint density at radius 3 is 2.76 bits per heavy atom. The number of anilines is 1. The number of benzene rings is 1. The van der Waals surface area contributed by atoms with Crippen molar-refractivity contribution in [1.29, 1.82) is 0 Å². The second kappa shape index (κ2) is 8.62. The summed E-state index contributed by atoms with van der Waals surface area (Å²) in [6.07, 6.45) is 1.75. The van der Waals surface area contributed by atoms with Gasteiger partial charge in [0.2, 0.25) is 5.13 Å². The minimum Gasteiger partial charge on any atom is -0.490 e. The molecule has 0 amide bonds. The number of hydrogen-bond acceptors (Lipinski definition) is 7. The van der Waals surface area contributed by atoms with Crippen molar-refractivity contribution in [3.63, 3.8) is 0 Å². The summed E-state index contributed by atoms with van der Waals surface area (Å²) in [5.41, 5.74) is 4.44. The third-order valence-corrected chi connectivity index (χ3v) is 4.28. The van der Waals surface area contributed by atoms with Crippen molar-refractivity contribution in [2.24, 2.45) is 5.10 Å². The van der Waals surface area contributed by atoms with Gasteiger partial charge in [0.25, 0.3) is 0 Å². The van der Waals surface area contributed by atoms with Crippen LogP contribution in [0.15, 0.2) is 23.3 Å². The van der Waals surface area contributed by atoms with E-state index in [1.807, 2.05) is 45.9 Å². The lowest BCUT2D eigenvalue weighted by atomic mass is 10.2. The number of nitrogens with one attached hydrogen (secondary N) is 1. The molecule has 134 valence electrons. The van der Waals surface area contributed by atoms with Crippen LogP contribution < -0.4 is 14.9 Å². The quantitative estimate of drug-likeness (QED) is 0.431. The number of ketones is 1. The number of rotatable bonds is 8. The van der Waals surface area contributed by atoms with Crippen LogP contribution in [-0.4, -0.2) is 29.7 Å². The molecule has 1 heterocycles. The van der Waals surface area contributed by atoms with Crippen LogP contribution in [-0.2, 0) is 0 Å². The lowest BCUT2D eigenvalue weighted by molar-refractivity contribution is 0.102. The Morgan fingerprint density at radius 2 is 2.16 bits per heavy atom. The van der Waals surface area contributed by atoms with Gasteiger partial charge in [-0.05, 0) is 51.5 Å². The molecule has 0 fully saturated rings. The SMILES string of the molecule is CCOc1cc(/C=N/Nc2nc(C)c(C(C)=O)s2)ccc1OC(C)C. The number of hydrazone groups is 1. The maximum absolute atomic E-state index is 11.5. The highest BCUT2D eigenvalue weighted by atomic mass is 32.1. The third kappa shape index (κ3) is 5.29. The molecule has 25 heavy (non-hydrogen) atoms. The number of nitrogens with zero attached hydrogens (tertiary/aromatic N) is 2. The first kappa shape index (κ1) is 18.9. The fraction of sp³-hybridized carbons (Fsp3) is 0.389. The highest BCUT2D eigenvalue weighted by Gasteiger charge is 2.11. The van der Waals surface area contributed by atoms with Gasteiger partial charge in [0, 0.05) is 6.92 Å². The molecule has 6 nitrogen and oxygen atoms in total. The van der Waals surface area contributed by atoms with E-state index in [1.54, 1.807) is 6.21 Å². The highest BCUT2D eigenvalue weighted by molar-refractivity contribution is 7.17. The number of hydrogen-bond donors (Lipinski definition) is 1. The minimum atomic E-state index is 0.00845. The van der Waals surface area contributed by atoms with Crippen LogP contribution in [0.4, 0.5) is 5.13 Å². The van der Waals surface area contributed by atoms with Gasteiger partial charge in [0.1, 0.15) is 0 Å². The molecule has 1 aromatic heterocycles. The van der Waals surface area contributed by atoms with Crippen LogP contribution in [0, 0.1) is 6.92 Å². The molecular formula is C18H23N3O3S. The lowest BCUT2D eigenvalue weighted by Crippen LogP contribution is -2.07. The van der Waals surface area contributed by atoms with Crippen molar-refractivity contribution in [2.45, 2.75) is 40.7 Å². The van der Waals surface area contributed by atoms with Crippen LogP contribution >= 0.6 is 11.3 Å². The first-order valence-corrected chi connectivity index (χ1v) is 8.93. The molecule has 0 aliphatic heterocycles. The van der Waals surface area contributed by atoms with E-state index in [0.29, 0.717) is 33.8 Å². The molecule has 0 aliphatic carbocycles. The molecule has 0 bridgehead atoms. The topological polar surface area (TPSA) is 72.8 Å². The van der Waals surface area contributed by atoms with E-state index in [-0.39, 0.29) is 11.9 Å². The van der Waals surface area contributed by atoms with E-state index < -0.39 is 0 Å². The molecule has 1 aromatic carbocycles. The van der Waals surface area contributed by atoms with Gasteiger partial charge in [-0.2, -0.15) is 5.10 Å².